The monoisotopic (exact) mass is 357 g/mol. The molecule has 21 heavy (non-hydrogen) atoms. The first-order chi connectivity index (χ1) is 9.99. The Kier molecular flexibility index (Phi) is 4.82. The molecule has 0 radical (unpaired) electrons. The molecule has 0 saturated heterocycles. The number of nitrogens with two attached hydrogens (primary N) is 1. The molecule has 4 N–H and O–H groups in total. The molecule has 1 aromatic carbocycles. The number of halogens is 2. The normalized spacial score (nSPS) is 18.3. The van der Waals surface area contributed by atoms with Crippen molar-refractivity contribution < 1.29 is 14.4 Å². The minimum absolute atomic E-state index is 0.0858. The molecule has 0 spiro atoms. The lowest BCUT2D eigenvalue weighted by Crippen LogP contribution is -2.48. The zero-order valence-corrected chi connectivity index (χ0v) is 13.0. The largest absolute Gasteiger partial charge is 0.409 e. The van der Waals surface area contributed by atoms with Gasteiger partial charge < -0.3 is 16.3 Å². The first-order valence-corrected chi connectivity index (χ1v) is 7.53. The summed E-state index contributed by atoms with van der Waals surface area (Å²) in [6.07, 6.45) is 3.72. The maximum atomic E-state index is 13.5. The highest BCUT2D eigenvalue weighted by molar-refractivity contribution is 9.10. The van der Waals surface area contributed by atoms with E-state index in [0.717, 1.165) is 19.3 Å². The number of carbonyl (C=O) groups is 1. The molecule has 7 heteroatoms. The van der Waals surface area contributed by atoms with Crippen LogP contribution in [0, 0.1) is 11.2 Å². The summed E-state index contributed by atoms with van der Waals surface area (Å²) in [5, 5.41) is 14.7. The Hall–Kier alpha value is -1.63. The predicted octanol–water partition coefficient (Wildman–Crippen LogP) is 3.22. The van der Waals surface area contributed by atoms with Crippen molar-refractivity contribution in [3.63, 3.8) is 0 Å². The Morgan fingerprint density at radius 3 is 2.62 bits per heavy atom. The highest BCUT2D eigenvalue weighted by Crippen LogP contribution is 2.37. The Labute approximate surface area is 130 Å². The van der Waals surface area contributed by atoms with E-state index in [0.29, 0.717) is 23.0 Å². The van der Waals surface area contributed by atoms with E-state index in [1.807, 2.05) is 0 Å². The Bertz CT molecular complexity index is 571. The lowest BCUT2D eigenvalue weighted by molar-refractivity contribution is -0.123. The molecule has 1 aromatic rings. The van der Waals surface area contributed by atoms with Gasteiger partial charge in [0.05, 0.1) is 4.47 Å². The quantitative estimate of drug-likeness (QED) is 0.336. The molecule has 2 rings (SSSR count). The minimum atomic E-state index is -1.02. The molecule has 1 amide bonds. The van der Waals surface area contributed by atoms with Gasteiger partial charge in [0, 0.05) is 5.69 Å². The van der Waals surface area contributed by atoms with Crippen LogP contribution in [-0.2, 0) is 4.79 Å². The third kappa shape index (κ3) is 3.18. The van der Waals surface area contributed by atoms with Gasteiger partial charge in [-0.1, -0.05) is 24.4 Å². The standard InChI is InChI=1S/C14H17BrFN3O2/c15-10-5-4-9(8-11(10)16)18-13(20)14(12(17)19-21)6-2-1-3-7-14/h4-5,8,21H,1-3,6-7H2,(H2,17,19)(H,18,20). The number of rotatable bonds is 3. The first kappa shape index (κ1) is 15.8. The van der Waals surface area contributed by atoms with Crippen molar-refractivity contribution in [1.82, 2.24) is 0 Å². The maximum Gasteiger partial charge on any atom is 0.238 e. The summed E-state index contributed by atoms with van der Waals surface area (Å²) in [5.41, 5.74) is 5.08. The van der Waals surface area contributed by atoms with Crippen LogP contribution in [0.4, 0.5) is 10.1 Å². The third-order valence-corrected chi connectivity index (χ3v) is 4.56. The molecule has 0 heterocycles. The highest BCUT2D eigenvalue weighted by Gasteiger charge is 2.43. The first-order valence-electron chi connectivity index (χ1n) is 6.74. The minimum Gasteiger partial charge on any atom is -0.409 e. The van der Waals surface area contributed by atoms with Crippen LogP contribution in [0.25, 0.3) is 0 Å². The molecule has 1 saturated carbocycles. The van der Waals surface area contributed by atoms with Gasteiger partial charge in [0.2, 0.25) is 5.91 Å². The second-order valence-electron chi connectivity index (χ2n) is 5.21. The topological polar surface area (TPSA) is 87.7 Å². The van der Waals surface area contributed by atoms with Gasteiger partial charge >= 0.3 is 0 Å². The molecule has 5 nitrogen and oxygen atoms in total. The summed E-state index contributed by atoms with van der Waals surface area (Å²) in [6, 6.07) is 4.33. The molecule has 0 unspecified atom stereocenters. The van der Waals surface area contributed by atoms with E-state index in [9.17, 15) is 9.18 Å². The van der Waals surface area contributed by atoms with Gasteiger partial charge in [-0.05, 0) is 47.0 Å². The number of hydrogen-bond donors (Lipinski definition) is 3. The summed E-state index contributed by atoms with van der Waals surface area (Å²) in [7, 11) is 0. The number of hydrogen-bond acceptors (Lipinski definition) is 3. The van der Waals surface area contributed by atoms with E-state index in [-0.39, 0.29) is 11.7 Å². The van der Waals surface area contributed by atoms with Crippen LogP contribution in [0.5, 0.6) is 0 Å². The summed E-state index contributed by atoms with van der Waals surface area (Å²) >= 11 is 3.06. The zero-order valence-electron chi connectivity index (χ0n) is 11.4. The van der Waals surface area contributed by atoms with Crippen LogP contribution < -0.4 is 11.1 Å². The smallest absolute Gasteiger partial charge is 0.238 e. The van der Waals surface area contributed by atoms with Gasteiger partial charge in [-0.15, -0.1) is 0 Å². The number of nitrogens with one attached hydrogen (secondary N) is 1. The summed E-state index contributed by atoms with van der Waals surface area (Å²) in [5.74, 6) is -0.911. The van der Waals surface area contributed by atoms with Crippen LogP contribution in [0.1, 0.15) is 32.1 Å². The molecule has 1 aliphatic carbocycles. The predicted molar refractivity (Wildman–Crippen MR) is 81.7 cm³/mol. The number of amidine groups is 1. The molecule has 0 aromatic heterocycles. The van der Waals surface area contributed by atoms with E-state index in [2.05, 4.69) is 26.4 Å². The molecular weight excluding hydrogens is 341 g/mol. The zero-order chi connectivity index (χ0) is 15.5. The van der Waals surface area contributed by atoms with Crippen molar-refractivity contribution in [2.45, 2.75) is 32.1 Å². The van der Waals surface area contributed by atoms with E-state index >= 15 is 0 Å². The number of nitrogens with zero attached hydrogens (tertiary/aromatic N) is 1. The average molecular weight is 358 g/mol. The lowest BCUT2D eigenvalue weighted by atomic mass is 9.72. The Balaban J connectivity index is 2.24. The van der Waals surface area contributed by atoms with Gasteiger partial charge in [-0.25, -0.2) is 4.39 Å². The van der Waals surface area contributed by atoms with Crippen LogP contribution in [-0.4, -0.2) is 17.0 Å². The Morgan fingerprint density at radius 2 is 2.05 bits per heavy atom. The fourth-order valence-electron chi connectivity index (χ4n) is 2.68. The van der Waals surface area contributed by atoms with Crippen molar-refractivity contribution in [1.29, 1.82) is 0 Å². The fraction of sp³-hybridized carbons (Fsp3) is 0.429. The maximum absolute atomic E-state index is 13.5. The lowest BCUT2D eigenvalue weighted by Gasteiger charge is -2.34. The molecule has 0 bridgehead atoms. The van der Waals surface area contributed by atoms with Gasteiger partial charge in [0.15, 0.2) is 5.84 Å². The van der Waals surface area contributed by atoms with E-state index in [1.165, 1.54) is 12.1 Å². The van der Waals surface area contributed by atoms with E-state index in [1.54, 1.807) is 6.07 Å². The second-order valence-corrected chi connectivity index (χ2v) is 6.07. The van der Waals surface area contributed by atoms with E-state index in [4.69, 9.17) is 10.9 Å². The SMILES string of the molecule is NC(=NO)C1(C(=O)Nc2ccc(Br)c(F)c2)CCCCC1. The number of benzene rings is 1. The van der Waals surface area contributed by atoms with Crippen LogP contribution in [0.3, 0.4) is 0 Å². The summed E-state index contributed by atoms with van der Waals surface area (Å²) < 4.78 is 13.8. The van der Waals surface area contributed by atoms with Crippen molar-refractivity contribution in [3.05, 3.63) is 28.5 Å². The molecular formula is C14H17BrFN3O2. The number of oxime groups is 1. The number of amides is 1. The van der Waals surface area contributed by atoms with E-state index < -0.39 is 11.2 Å². The van der Waals surface area contributed by atoms with Crippen molar-refractivity contribution in [2.24, 2.45) is 16.3 Å². The molecule has 1 aliphatic rings. The van der Waals surface area contributed by atoms with Crippen LogP contribution >= 0.6 is 15.9 Å². The van der Waals surface area contributed by atoms with Crippen molar-refractivity contribution in [3.8, 4) is 0 Å². The Morgan fingerprint density at radius 1 is 1.38 bits per heavy atom. The second kappa shape index (κ2) is 6.43. The van der Waals surface area contributed by atoms with Crippen LogP contribution in [0.2, 0.25) is 0 Å². The van der Waals surface area contributed by atoms with Gasteiger partial charge in [0.25, 0.3) is 0 Å². The molecule has 1 fully saturated rings. The molecule has 0 aliphatic heterocycles. The van der Waals surface area contributed by atoms with Crippen LogP contribution in [0.15, 0.2) is 27.8 Å². The van der Waals surface area contributed by atoms with Crippen molar-refractivity contribution >= 4 is 33.4 Å². The molecule has 114 valence electrons. The van der Waals surface area contributed by atoms with Gasteiger partial charge in [-0.3, -0.25) is 4.79 Å². The summed E-state index contributed by atoms with van der Waals surface area (Å²) in [6.45, 7) is 0. The van der Waals surface area contributed by atoms with Crippen molar-refractivity contribution in [2.75, 3.05) is 5.32 Å². The number of carbonyl (C=O) groups excluding carboxylic acids is 1. The average Bonchev–Trinajstić information content (AvgIpc) is 2.50. The van der Waals surface area contributed by atoms with Gasteiger partial charge in [0.1, 0.15) is 11.2 Å². The number of anilines is 1. The van der Waals surface area contributed by atoms with Gasteiger partial charge in [-0.2, -0.15) is 0 Å². The molecule has 0 atom stereocenters. The summed E-state index contributed by atoms with van der Waals surface area (Å²) in [4.78, 5) is 12.6. The highest BCUT2D eigenvalue weighted by atomic mass is 79.9. The third-order valence-electron chi connectivity index (χ3n) is 3.92. The fourth-order valence-corrected chi connectivity index (χ4v) is 2.92.